The van der Waals surface area contributed by atoms with Crippen molar-refractivity contribution >= 4 is 0 Å². The average Bonchev–Trinajstić information content (AvgIpc) is 2.82. The van der Waals surface area contributed by atoms with Gasteiger partial charge in [-0.3, -0.25) is 4.68 Å². The van der Waals surface area contributed by atoms with Gasteiger partial charge in [-0.2, -0.15) is 5.10 Å². The maximum Gasteiger partial charge on any atom is 0.0762 e. The molecule has 0 unspecified atom stereocenters. The highest BCUT2D eigenvalue weighted by atomic mass is 15.3. The van der Waals surface area contributed by atoms with E-state index in [0.717, 1.165) is 31.7 Å². The van der Waals surface area contributed by atoms with Gasteiger partial charge in [0.05, 0.1) is 12.2 Å². The molecule has 0 spiro atoms. The fourth-order valence-corrected chi connectivity index (χ4v) is 2.60. The number of benzene rings is 1. The predicted octanol–water partition coefficient (Wildman–Crippen LogP) is 3.36. The third kappa shape index (κ3) is 3.70. The SMILES string of the molecule is CCCNCc1ccn(Cc2c(C)cc(C)cc2C)n1. The predicted molar refractivity (Wildman–Crippen MR) is 84.0 cm³/mol. The number of aromatic nitrogens is 2. The van der Waals surface area contributed by atoms with Crippen molar-refractivity contribution in [1.29, 1.82) is 0 Å². The van der Waals surface area contributed by atoms with E-state index in [1.54, 1.807) is 0 Å². The summed E-state index contributed by atoms with van der Waals surface area (Å²) in [5, 5.41) is 8.02. The molecule has 0 saturated carbocycles. The summed E-state index contributed by atoms with van der Waals surface area (Å²) >= 11 is 0. The molecular formula is C17H25N3. The van der Waals surface area contributed by atoms with E-state index in [1.807, 2.05) is 4.68 Å². The molecule has 0 amide bonds. The number of rotatable bonds is 6. The molecular weight excluding hydrogens is 246 g/mol. The molecule has 108 valence electrons. The molecule has 20 heavy (non-hydrogen) atoms. The van der Waals surface area contributed by atoms with E-state index in [1.165, 1.54) is 22.3 Å². The van der Waals surface area contributed by atoms with Gasteiger partial charge >= 0.3 is 0 Å². The third-order valence-electron chi connectivity index (χ3n) is 3.59. The lowest BCUT2D eigenvalue weighted by Crippen LogP contribution is -2.14. The van der Waals surface area contributed by atoms with Gasteiger partial charge in [0.1, 0.15) is 0 Å². The largest absolute Gasteiger partial charge is 0.311 e. The summed E-state index contributed by atoms with van der Waals surface area (Å²) in [5.74, 6) is 0. The highest BCUT2D eigenvalue weighted by Crippen LogP contribution is 2.17. The fourth-order valence-electron chi connectivity index (χ4n) is 2.60. The van der Waals surface area contributed by atoms with Gasteiger partial charge in [0, 0.05) is 12.7 Å². The van der Waals surface area contributed by atoms with E-state index in [0.29, 0.717) is 0 Å². The molecule has 1 N–H and O–H groups in total. The first kappa shape index (κ1) is 14.8. The average molecular weight is 271 g/mol. The van der Waals surface area contributed by atoms with E-state index in [-0.39, 0.29) is 0 Å². The van der Waals surface area contributed by atoms with Crippen LogP contribution < -0.4 is 5.32 Å². The van der Waals surface area contributed by atoms with Crippen molar-refractivity contribution in [2.75, 3.05) is 6.54 Å². The Bertz CT molecular complexity index is 546. The molecule has 1 heterocycles. The zero-order chi connectivity index (χ0) is 14.5. The normalized spacial score (nSPS) is 11.0. The number of nitrogens with zero attached hydrogens (tertiary/aromatic N) is 2. The van der Waals surface area contributed by atoms with Gasteiger partial charge in [0.2, 0.25) is 0 Å². The number of hydrogen-bond donors (Lipinski definition) is 1. The monoisotopic (exact) mass is 271 g/mol. The molecule has 1 aromatic heterocycles. The summed E-state index contributed by atoms with van der Waals surface area (Å²) in [6, 6.07) is 6.59. The first-order valence-corrected chi connectivity index (χ1v) is 7.40. The summed E-state index contributed by atoms with van der Waals surface area (Å²) in [6.45, 7) is 11.4. The van der Waals surface area contributed by atoms with Gasteiger partial charge in [0.25, 0.3) is 0 Å². The lowest BCUT2D eigenvalue weighted by atomic mass is 10.00. The van der Waals surface area contributed by atoms with Crippen molar-refractivity contribution in [3.63, 3.8) is 0 Å². The van der Waals surface area contributed by atoms with Crippen LogP contribution >= 0.6 is 0 Å². The molecule has 0 fully saturated rings. The zero-order valence-electron chi connectivity index (χ0n) is 13.0. The van der Waals surface area contributed by atoms with Gasteiger partial charge in [-0.25, -0.2) is 0 Å². The van der Waals surface area contributed by atoms with Crippen molar-refractivity contribution < 1.29 is 0 Å². The molecule has 1 aromatic carbocycles. The van der Waals surface area contributed by atoms with E-state index in [9.17, 15) is 0 Å². The van der Waals surface area contributed by atoms with E-state index in [4.69, 9.17) is 0 Å². The van der Waals surface area contributed by atoms with E-state index in [2.05, 4.69) is 62.5 Å². The second kappa shape index (κ2) is 6.71. The summed E-state index contributed by atoms with van der Waals surface area (Å²) in [5.41, 5.74) is 6.52. The van der Waals surface area contributed by atoms with Crippen LogP contribution in [-0.2, 0) is 13.1 Å². The van der Waals surface area contributed by atoms with Crippen LogP contribution in [0.4, 0.5) is 0 Å². The minimum Gasteiger partial charge on any atom is -0.311 e. The Morgan fingerprint density at radius 3 is 2.50 bits per heavy atom. The van der Waals surface area contributed by atoms with E-state index < -0.39 is 0 Å². The Labute approximate surface area is 122 Å². The number of nitrogens with one attached hydrogen (secondary N) is 1. The summed E-state index contributed by atoms with van der Waals surface area (Å²) in [4.78, 5) is 0. The molecule has 3 nitrogen and oxygen atoms in total. The Morgan fingerprint density at radius 2 is 1.85 bits per heavy atom. The van der Waals surface area contributed by atoms with Crippen LogP contribution in [0.2, 0.25) is 0 Å². The Morgan fingerprint density at radius 1 is 1.15 bits per heavy atom. The van der Waals surface area contributed by atoms with Gasteiger partial charge < -0.3 is 5.32 Å². The molecule has 0 saturated heterocycles. The summed E-state index contributed by atoms with van der Waals surface area (Å²) in [6.07, 6.45) is 3.23. The van der Waals surface area contributed by atoms with Crippen LogP contribution in [0.25, 0.3) is 0 Å². The molecule has 0 radical (unpaired) electrons. The second-order valence-corrected chi connectivity index (χ2v) is 5.56. The first-order valence-electron chi connectivity index (χ1n) is 7.40. The van der Waals surface area contributed by atoms with Crippen molar-refractivity contribution in [3.05, 3.63) is 52.3 Å². The molecule has 0 aliphatic carbocycles. The third-order valence-corrected chi connectivity index (χ3v) is 3.59. The van der Waals surface area contributed by atoms with Crippen molar-refractivity contribution in [3.8, 4) is 0 Å². The minimum atomic E-state index is 0.853. The van der Waals surface area contributed by atoms with Crippen LogP contribution in [0.15, 0.2) is 24.4 Å². The van der Waals surface area contributed by atoms with Crippen LogP contribution in [-0.4, -0.2) is 16.3 Å². The van der Waals surface area contributed by atoms with Crippen molar-refractivity contribution in [2.45, 2.75) is 47.2 Å². The van der Waals surface area contributed by atoms with Crippen LogP contribution in [0.1, 0.15) is 41.3 Å². The molecule has 2 rings (SSSR count). The lowest BCUT2D eigenvalue weighted by molar-refractivity contribution is 0.626. The molecule has 3 heteroatoms. The quantitative estimate of drug-likeness (QED) is 0.817. The number of aryl methyl sites for hydroxylation is 3. The Kier molecular flexibility index (Phi) is 4.96. The maximum absolute atomic E-state index is 4.64. The molecule has 0 atom stereocenters. The van der Waals surface area contributed by atoms with Crippen LogP contribution in [0, 0.1) is 20.8 Å². The molecule has 2 aromatic rings. The van der Waals surface area contributed by atoms with Gasteiger partial charge in [-0.05, 0) is 56.5 Å². The van der Waals surface area contributed by atoms with Gasteiger partial charge in [-0.1, -0.05) is 24.6 Å². The number of hydrogen-bond acceptors (Lipinski definition) is 2. The first-order chi connectivity index (χ1) is 9.60. The van der Waals surface area contributed by atoms with Crippen LogP contribution in [0.5, 0.6) is 0 Å². The lowest BCUT2D eigenvalue weighted by Gasteiger charge is -2.11. The van der Waals surface area contributed by atoms with E-state index >= 15 is 0 Å². The van der Waals surface area contributed by atoms with Crippen LogP contribution in [0.3, 0.4) is 0 Å². The highest BCUT2D eigenvalue weighted by Gasteiger charge is 2.06. The van der Waals surface area contributed by atoms with Gasteiger partial charge in [0.15, 0.2) is 0 Å². The molecule has 0 aliphatic rings. The Hall–Kier alpha value is -1.61. The topological polar surface area (TPSA) is 29.9 Å². The standard InChI is InChI=1S/C17H25N3/c1-5-7-18-11-16-6-8-20(19-16)12-17-14(3)9-13(2)10-15(17)4/h6,8-10,18H,5,7,11-12H2,1-4H3. The molecule has 0 aliphatic heterocycles. The molecule has 0 bridgehead atoms. The summed E-state index contributed by atoms with van der Waals surface area (Å²) < 4.78 is 2.04. The Balaban J connectivity index is 2.07. The smallest absolute Gasteiger partial charge is 0.0762 e. The van der Waals surface area contributed by atoms with Gasteiger partial charge in [-0.15, -0.1) is 0 Å². The second-order valence-electron chi connectivity index (χ2n) is 5.56. The maximum atomic E-state index is 4.64. The zero-order valence-corrected chi connectivity index (χ0v) is 13.0. The fraction of sp³-hybridized carbons (Fsp3) is 0.471. The van der Waals surface area contributed by atoms with Crippen molar-refractivity contribution in [2.24, 2.45) is 0 Å². The van der Waals surface area contributed by atoms with Crippen molar-refractivity contribution in [1.82, 2.24) is 15.1 Å². The minimum absolute atomic E-state index is 0.853. The highest BCUT2D eigenvalue weighted by molar-refractivity contribution is 5.37. The summed E-state index contributed by atoms with van der Waals surface area (Å²) in [7, 11) is 0.